The molecule has 0 heterocycles. The molecule has 0 aliphatic heterocycles. The average molecular weight is 242 g/mol. The van der Waals surface area contributed by atoms with Gasteiger partial charge in [-0.3, -0.25) is 0 Å². The molecule has 0 aromatic rings. The van der Waals surface area contributed by atoms with Crippen LogP contribution in [0.15, 0.2) is 12.2 Å². The number of aliphatic hydroxyl groups is 1. The first-order chi connectivity index (χ1) is 7.95. The third-order valence-corrected chi connectivity index (χ3v) is 2.69. The molecule has 0 aromatic heterocycles. The number of unbranched alkanes of at least 4 members (excludes halogenated alkanes) is 3. The molecule has 1 unspecified atom stereocenters. The summed E-state index contributed by atoms with van der Waals surface area (Å²) in [6.07, 6.45) is 6.03. The van der Waals surface area contributed by atoms with Gasteiger partial charge in [-0.15, -0.1) is 0 Å². The topological polar surface area (TPSA) is 46.5 Å². The van der Waals surface area contributed by atoms with E-state index in [4.69, 9.17) is 4.74 Å². The van der Waals surface area contributed by atoms with E-state index in [1.807, 2.05) is 6.92 Å². The lowest BCUT2D eigenvalue weighted by molar-refractivity contribution is -0.211. The molecule has 1 N–H and O–H groups in total. The molecule has 0 spiro atoms. The van der Waals surface area contributed by atoms with Crippen molar-refractivity contribution in [2.24, 2.45) is 0 Å². The molecule has 17 heavy (non-hydrogen) atoms. The number of carbonyl (C=O) groups is 1. The number of hydrogen-bond donors (Lipinski definition) is 1. The summed E-state index contributed by atoms with van der Waals surface area (Å²) in [7, 11) is 0. The molecular formula is C14H26O3. The van der Waals surface area contributed by atoms with Crippen molar-refractivity contribution in [2.45, 2.75) is 71.5 Å². The van der Waals surface area contributed by atoms with Crippen LogP contribution in [0.3, 0.4) is 0 Å². The van der Waals surface area contributed by atoms with E-state index in [0.29, 0.717) is 18.4 Å². The van der Waals surface area contributed by atoms with Crippen molar-refractivity contribution in [3.05, 3.63) is 12.2 Å². The highest BCUT2D eigenvalue weighted by molar-refractivity contribution is 5.87. The van der Waals surface area contributed by atoms with Crippen LogP contribution in [0.25, 0.3) is 0 Å². The van der Waals surface area contributed by atoms with Gasteiger partial charge in [0.15, 0.2) is 0 Å². The number of hydrogen-bond acceptors (Lipinski definition) is 3. The highest BCUT2D eigenvalue weighted by Gasteiger charge is 2.29. The van der Waals surface area contributed by atoms with Gasteiger partial charge in [-0.2, -0.15) is 0 Å². The fourth-order valence-corrected chi connectivity index (χ4v) is 1.71. The van der Waals surface area contributed by atoms with Gasteiger partial charge in [0.1, 0.15) is 0 Å². The van der Waals surface area contributed by atoms with Gasteiger partial charge < -0.3 is 9.84 Å². The summed E-state index contributed by atoms with van der Waals surface area (Å²) in [6, 6.07) is 0. The predicted octanol–water partition coefficient (Wildman–Crippen LogP) is 3.56. The Hall–Kier alpha value is -0.830. The first kappa shape index (κ1) is 16.2. The Morgan fingerprint density at radius 2 is 1.82 bits per heavy atom. The Morgan fingerprint density at radius 1 is 1.18 bits per heavy atom. The van der Waals surface area contributed by atoms with Crippen LogP contribution in [0.5, 0.6) is 0 Å². The van der Waals surface area contributed by atoms with Crippen LogP contribution in [0, 0.1) is 0 Å². The minimum atomic E-state index is -1.31. The molecule has 0 bridgehead atoms. The summed E-state index contributed by atoms with van der Waals surface area (Å²) in [4.78, 5) is 11.4. The molecule has 0 saturated heterocycles. The second kappa shape index (κ2) is 8.29. The van der Waals surface area contributed by atoms with Crippen LogP contribution in [0.1, 0.15) is 65.7 Å². The smallest absolute Gasteiger partial charge is 0.335 e. The van der Waals surface area contributed by atoms with Gasteiger partial charge in [0, 0.05) is 18.4 Å². The van der Waals surface area contributed by atoms with E-state index in [9.17, 15) is 9.90 Å². The van der Waals surface area contributed by atoms with Crippen molar-refractivity contribution in [3.63, 3.8) is 0 Å². The van der Waals surface area contributed by atoms with E-state index < -0.39 is 11.8 Å². The normalized spacial score (nSPS) is 14.1. The van der Waals surface area contributed by atoms with Crippen molar-refractivity contribution in [1.82, 2.24) is 0 Å². The third kappa shape index (κ3) is 7.16. The monoisotopic (exact) mass is 242 g/mol. The van der Waals surface area contributed by atoms with Crippen LogP contribution >= 0.6 is 0 Å². The van der Waals surface area contributed by atoms with Crippen LogP contribution in [0.2, 0.25) is 0 Å². The van der Waals surface area contributed by atoms with Crippen molar-refractivity contribution in [3.8, 4) is 0 Å². The SMILES string of the molecule is C=C(C)C(=O)OC(O)(CCC)CCCCCC. The highest BCUT2D eigenvalue weighted by Crippen LogP contribution is 2.23. The number of rotatable bonds is 9. The van der Waals surface area contributed by atoms with Gasteiger partial charge in [0.25, 0.3) is 0 Å². The minimum Gasteiger partial charge on any atom is -0.430 e. The molecule has 0 rings (SSSR count). The van der Waals surface area contributed by atoms with Gasteiger partial charge in [0.2, 0.25) is 5.79 Å². The second-order valence-electron chi connectivity index (χ2n) is 4.68. The predicted molar refractivity (Wildman–Crippen MR) is 69.5 cm³/mol. The zero-order chi connectivity index (χ0) is 13.3. The fourth-order valence-electron chi connectivity index (χ4n) is 1.71. The van der Waals surface area contributed by atoms with Gasteiger partial charge in [-0.1, -0.05) is 39.7 Å². The van der Waals surface area contributed by atoms with E-state index in [1.54, 1.807) is 6.92 Å². The van der Waals surface area contributed by atoms with E-state index in [0.717, 1.165) is 32.1 Å². The van der Waals surface area contributed by atoms with Gasteiger partial charge in [-0.05, 0) is 19.8 Å². The van der Waals surface area contributed by atoms with Gasteiger partial charge >= 0.3 is 5.97 Å². The Labute approximate surface area is 105 Å². The van der Waals surface area contributed by atoms with Gasteiger partial charge in [0.05, 0.1) is 0 Å². The summed E-state index contributed by atoms with van der Waals surface area (Å²) in [6.45, 7) is 9.21. The fraction of sp³-hybridized carbons (Fsp3) is 0.786. The Balaban J connectivity index is 4.24. The van der Waals surface area contributed by atoms with Crippen molar-refractivity contribution >= 4 is 5.97 Å². The first-order valence-electron chi connectivity index (χ1n) is 6.56. The lowest BCUT2D eigenvalue weighted by Crippen LogP contribution is -2.35. The van der Waals surface area contributed by atoms with Crippen molar-refractivity contribution in [1.29, 1.82) is 0 Å². The molecule has 3 nitrogen and oxygen atoms in total. The average Bonchev–Trinajstić information content (AvgIpc) is 2.24. The summed E-state index contributed by atoms with van der Waals surface area (Å²) < 4.78 is 5.14. The lowest BCUT2D eigenvalue weighted by atomic mass is 10.0. The standard InChI is InChI=1S/C14H26O3/c1-5-7-8-9-11-14(16,10-6-2)17-13(15)12(3)4/h16H,3,5-11H2,1-2,4H3. The summed E-state index contributed by atoms with van der Waals surface area (Å²) in [5.74, 6) is -1.81. The molecule has 3 heteroatoms. The number of esters is 1. The molecule has 0 aliphatic rings. The van der Waals surface area contributed by atoms with Crippen LogP contribution < -0.4 is 0 Å². The first-order valence-corrected chi connectivity index (χ1v) is 6.56. The molecule has 1 atom stereocenters. The van der Waals surface area contributed by atoms with E-state index in [1.165, 1.54) is 0 Å². The van der Waals surface area contributed by atoms with Crippen LogP contribution in [0.4, 0.5) is 0 Å². The van der Waals surface area contributed by atoms with Crippen molar-refractivity contribution in [2.75, 3.05) is 0 Å². The summed E-state index contributed by atoms with van der Waals surface area (Å²) >= 11 is 0. The van der Waals surface area contributed by atoms with Crippen molar-refractivity contribution < 1.29 is 14.6 Å². The molecule has 0 radical (unpaired) electrons. The molecular weight excluding hydrogens is 216 g/mol. The highest BCUT2D eigenvalue weighted by atomic mass is 16.7. The largest absolute Gasteiger partial charge is 0.430 e. The summed E-state index contributed by atoms with van der Waals surface area (Å²) in [5.41, 5.74) is 0.327. The van der Waals surface area contributed by atoms with E-state index in [2.05, 4.69) is 13.5 Å². The maximum Gasteiger partial charge on any atom is 0.335 e. The third-order valence-electron chi connectivity index (χ3n) is 2.69. The van der Waals surface area contributed by atoms with Crippen LogP contribution in [-0.2, 0) is 9.53 Å². The lowest BCUT2D eigenvalue weighted by Gasteiger charge is -2.27. The second-order valence-corrected chi connectivity index (χ2v) is 4.68. The number of ether oxygens (including phenoxy) is 1. The zero-order valence-electron chi connectivity index (χ0n) is 11.4. The molecule has 0 aromatic carbocycles. The van der Waals surface area contributed by atoms with Crippen LogP contribution in [-0.4, -0.2) is 16.9 Å². The van der Waals surface area contributed by atoms with E-state index >= 15 is 0 Å². The Morgan fingerprint density at radius 3 is 2.29 bits per heavy atom. The van der Waals surface area contributed by atoms with E-state index in [-0.39, 0.29) is 0 Å². The van der Waals surface area contributed by atoms with Gasteiger partial charge in [-0.25, -0.2) is 4.79 Å². The zero-order valence-corrected chi connectivity index (χ0v) is 11.4. The molecule has 0 fully saturated rings. The maximum absolute atomic E-state index is 11.4. The minimum absolute atomic E-state index is 0.327. The Kier molecular flexibility index (Phi) is 7.88. The molecule has 0 amide bonds. The maximum atomic E-state index is 11.4. The number of carbonyl (C=O) groups excluding carboxylic acids is 1. The summed E-state index contributed by atoms with van der Waals surface area (Å²) in [5, 5.41) is 10.2. The quantitative estimate of drug-likeness (QED) is 0.291. The molecule has 0 saturated carbocycles. The molecule has 100 valence electrons. The molecule has 0 aliphatic carbocycles. The Bertz CT molecular complexity index is 248.